The Morgan fingerprint density at radius 2 is 2.44 bits per heavy atom. The van der Waals surface area contributed by atoms with Gasteiger partial charge in [0, 0.05) is 5.75 Å². The summed E-state index contributed by atoms with van der Waals surface area (Å²) in [4.78, 5) is 11.8. The zero-order valence-corrected chi connectivity index (χ0v) is 12.6. The fourth-order valence-corrected chi connectivity index (χ4v) is 3.18. The summed E-state index contributed by atoms with van der Waals surface area (Å²) in [5, 5.41) is 11.0. The number of ether oxygens (including phenoxy) is 1. The lowest BCUT2D eigenvalue weighted by Crippen LogP contribution is -2.50. The van der Waals surface area contributed by atoms with E-state index in [-0.39, 0.29) is 5.97 Å². The zero-order chi connectivity index (χ0) is 13.4. The fourth-order valence-electron chi connectivity index (χ4n) is 1.46. The SMILES string of the molecule is CCCNC(C)(CCSc1nncs1)C(=O)OC. The molecule has 1 atom stereocenters. The molecule has 1 rings (SSSR count). The lowest BCUT2D eigenvalue weighted by atomic mass is 9.99. The van der Waals surface area contributed by atoms with Crippen molar-refractivity contribution in [2.75, 3.05) is 19.4 Å². The van der Waals surface area contributed by atoms with Crippen molar-refractivity contribution in [1.29, 1.82) is 0 Å². The second-order valence-corrected chi connectivity index (χ2v) is 6.23. The van der Waals surface area contributed by atoms with Crippen LogP contribution in [0.4, 0.5) is 0 Å². The maximum absolute atomic E-state index is 11.8. The Morgan fingerprint density at radius 3 is 3.00 bits per heavy atom. The summed E-state index contributed by atoms with van der Waals surface area (Å²) in [6.45, 7) is 4.75. The molecule has 0 aliphatic heterocycles. The first-order valence-corrected chi connectivity index (χ1v) is 7.71. The number of hydrogen-bond acceptors (Lipinski definition) is 7. The van der Waals surface area contributed by atoms with Crippen LogP contribution in [-0.4, -0.2) is 41.1 Å². The lowest BCUT2D eigenvalue weighted by Gasteiger charge is -2.27. The first-order valence-electron chi connectivity index (χ1n) is 5.85. The molecule has 18 heavy (non-hydrogen) atoms. The average Bonchev–Trinajstić information content (AvgIpc) is 2.88. The third-order valence-corrected chi connectivity index (χ3v) is 4.43. The van der Waals surface area contributed by atoms with Gasteiger partial charge in [0.2, 0.25) is 0 Å². The van der Waals surface area contributed by atoms with Crippen LogP contribution >= 0.6 is 23.1 Å². The summed E-state index contributed by atoms with van der Waals surface area (Å²) in [5.74, 6) is 0.589. The molecule has 0 saturated carbocycles. The van der Waals surface area contributed by atoms with Gasteiger partial charge in [0.1, 0.15) is 11.0 Å². The highest BCUT2D eigenvalue weighted by molar-refractivity contribution is 8.00. The van der Waals surface area contributed by atoms with E-state index in [1.165, 1.54) is 18.4 Å². The number of carbonyl (C=O) groups is 1. The van der Waals surface area contributed by atoms with Gasteiger partial charge in [0.25, 0.3) is 0 Å². The van der Waals surface area contributed by atoms with E-state index in [1.54, 1.807) is 17.3 Å². The summed E-state index contributed by atoms with van der Waals surface area (Å²) in [6, 6.07) is 0. The molecular weight excluding hydrogens is 270 g/mol. The molecule has 1 unspecified atom stereocenters. The molecule has 0 radical (unpaired) electrons. The first-order chi connectivity index (χ1) is 8.62. The topological polar surface area (TPSA) is 64.1 Å². The monoisotopic (exact) mass is 289 g/mol. The molecule has 7 heteroatoms. The van der Waals surface area contributed by atoms with Crippen LogP contribution in [0.1, 0.15) is 26.7 Å². The Morgan fingerprint density at radius 1 is 1.67 bits per heavy atom. The Balaban J connectivity index is 2.47. The molecule has 5 nitrogen and oxygen atoms in total. The van der Waals surface area contributed by atoms with Gasteiger partial charge in [0.05, 0.1) is 7.11 Å². The van der Waals surface area contributed by atoms with Gasteiger partial charge < -0.3 is 10.1 Å². The summed E-state index contributed by atoms with van der Waals surface area (Å²) in [5.41, 5.74) is 1.08. The third kappa shape index (κ3) is 4.55. The van der Waals surface area contributed by atoms with Crippen LogP contribution in [-0.2, 0) is 9.53 Å². The van der Waals surface area contributed by atoms with Crippen LogP contribution in [0.2, 0.25) is 0 Å². The predicted molar refractivity (Wildman–Crippen MR) is 74.0 cm³/mol. The number of nitrogens with zero attached hydrogens (tertiary/aromatic N) is 2. The smallest absolute Gasteiger partial charge is 0.325 e. The Bertz CT molecular complexity index is 359. The van der Waals surface area contributed by atoms with Crippen molar-refractivity contribution in [2.24, 2.45) is 0 Å². The number of carbonyl (C=O) groups excluding carboxylic acids is 1. The highest BCUT2D eigenvalue weighted by atomic mass is 32.2. The molecule has 1 heterocycles. The maximum Gasteiger partial charge on any atom is 0.325 e. The molecule has 0 aliphatic rings. The number of hydrogen-bond donors (Lipinski definition) is 1. The van der Waals surface area contributed by atoms with Gasteiger partial charge in [-0.15, -0.1) is 10.2 Å². The number of aromatic nitrogens is 2. The van der Waals surface area contributed by atoms with Crippen LogP contribution in [0.15, 0.2) is 9.85 Å². The lowest BCUT2D eigenvalue weighted by molar-refractivity contribution is -0.148. The van der Waals surface area contributed by atoms with Gasteiger partial charge >= 0.3 is 5.97 Å². The van der Waals surface area contributed by atoms with Crippen LogP contribution in [0.5, 0.6) is 0 Å². The van der Waals surface area contributed by atoms with Gasteiger partial charge in [-0.3, -0.25) is 4.79 Å². The minimum atomic E-state index is -0.623. The molecule has 0 aliphatic carbocycles. The van der Waals surface area contributed by atoms with Gasteiger partial charge in [-0.1, -0.05) is 30.0 Å². The third-order valence-electron chi connectivity index (χ3n) is 2.57. The minimum Gasteiger partial charge on any atom is -0.468 e. The number of rotatable bonds is 8. The van der Waals surface area contributed by atoms with Crippen molar-refractivity contribution in [3.63, 3.8) is 0 Å². The van der Waals surface area contributed by atoms with Gasteiger partial charge in [0.15, 0.2) is 4.34 Å². The fraction of sp³-hybridized carbons (Fsp3) is 0.727. The van der Waals surface area contributed by atoms with Crippen LogP contribution in [0.3, 0.4) is 0 Å². The highest BCUT2D eigenvalue weighted by Crippen LogP contribution is 2.23. The van der Waals surface area contributed by atoms with Crippen LogP contribution in [0.25, 0.3) is 0 Å². The van der Waals surface area contributed by atoms with E-state index in [0.29, 0.717) is 6.42 Å². The maximum atomic E-state index is 11.8. The summed E-state index contributed by atoms with van der Waals surface area (Å²) >= 11 is 3.12. The van der Waals surface area contributed by atoms with Crippen LogP contribution in [0, 0.1) is 0 Å². The molecule has 0 fully saturated rings. The van der Waals surface area contributed by atoms with E-state index in [4.69, 9.17) is 4.74 Å². The molecule has 0 bridgehead atoms. The van der Waals surface area contributed by atoms with Crippen molar-refractivity contribution in [2.45, 2.75) is 36.6 Å². The van der Waals surface area contributed by atoms with E-state index >= 15 is 0 Å². The van der Waals surface area contributed by atoms with Crippen molar-refractivity contribution < 1.29 is 9.53 Å². The highest BCUT2D eigenvalue weighted by Gasteiger charge is 2.33. The number of esters is 1. The number of methoxy groups -OCH3 is 1. The molecule has 0 amide bonds. The van der Waals surface area contributed by atoms with E-state index in [1.807, 2.05) is 6.92 Å². The zero-order valence-electron chi connectivity index (χ0n) is 10.9. The molecule has 102 valence electrons. The predicted octanol–water partition coefficient (Wildman–Crippen LogP) is 1.95. The molecule has 0 spiro atoms. The van der Waals surface area contributed by atoms with Gasteiger partial charge in [-0.25, -0.2) is 0 Å². The van der Waals surface area contributed by atoms with Crippen molar-refractivity contribution >= 4 is 29.1 Å². The van der Waals surface area contributed by atoms with E-state index in [2.05, 4.69) is 22.4 Å². The van der Waals surface area contributed by atoms with E-state index in [0.717, 1.165) is 23.1 Å². The summed E-state index contributed by atoms with van der Waals surface area (Å²) in [6.07, 6.45) is 1.68. The average molecular weight is 289 g/mol. The summed E-state index contributed by atoms with van der Waals surface area (Å²) in [7, 11) is 1.42. The summed E-state index contributed by atoms with van der Waals surface area (Å²) < 4.78 is 5.79. The van der Waals surface area contributed by atoms with E-state index in [9.17, 15) is 4.79 Å². The quantitative estimate of drug-likeness (QED) is 0.583. The van der Waals surface area contributed by atoms with Crippen molar-refractivity contribution in [3.05, 3.63) is 5.51 Å². The Kier molecular flexibility index (Phi) is 6.59. The number of thioether (sulfide) groups is 1. The second kappa shape index (κ2) is 7.70. The molecular formula is C11H19N3O2S2. The van der Waals surface area contributed by atoms with Crippen molar-refractivity contribution in [1.82, 2.24) is 15.5 Å². The standard InChI is InChI=1S/C11H19N3O2S2/c1-4-6-12-11(2,9(15)16-3)5-7-17-10-14-13-8-18-10/h8,12H,4-7H2,1-3H3. The van der Waals surface area contributed by atoms with Gasteiger partial charge in [-0.05, 0) is 26.3 Å². The molecule has 1 N–H and O–H groups in total. The van der Waals surface area contributed by atoms with E-state index < -0.39 is 5.54 Å². The first kappa shape index (κ1) is 15.4. The second-order valence-electron chi connectivity index (χ2n) is 4.05. The molecule has 0 saturated heterocycles. The van der Waals surface area contributed by atoms with Crippen LogP contribution < -0.4 is 5.32 Å². The Hall–Kier alpha value is -0.660. The normalized spacial score (nSPS) is 14.2. The molecule has 1 aromatic rings. The largest absolute Gasteiger partial charge is 0.468 e. The van der Waals surface area contributed by atoms with Crippen molar-refractivity contribution in [3.8, 4) is 0 Å². The number of nitrogens with one attached hydrogen (secondary N) is 1. The molecule has 1 aromatic heterocycles. The Labute approximate surface area is 116 Å². The minimum absolute atomic E-state index is 0.214. The van der Waals surface area contributed by atoms with Gasteiger partial charge in [-0.2, -0.15) is 0 Å². The molecule has 0 aromatic carbocycles.